The van der Waals surface area contributed by atoms with Crippen molar-refractivity contribution in [3.05, 3.63) is 28.2 Å². The van der Waals surface area contributed by atoms with Crippen LogP contribution in [-0.2, 0) is 5.88 Å². The Kier molecular flexibility index (Phi) is 2.26. The molecule has 13 heavy (non-hydrogen) atoms. The summed E-state index contributed by atoms with van der Waals surface area (Å²) in [4.78, 5) is 7.08. The number of fused-ring (bicyclic) bond motifs is 1. The molecule has 0 radical (unpaired) electrons. The minimum absolute atomic E-state index is 0.294. The van der Waals surface area contributed by atoms with Crippen molar-refractivity contribution >= 4 is 38.6 Å². The van der Waals surface area contributed by atoms with E-state index in [0.717, 1.165) is 0 Å². The molecule has 0 saturated carbocycles. The van der Waals surface area contributed by atoms with Crippen LogP contribution in [-0.4, -0.2) is 9.97 Å². The van der Waals surface area contributed by atoms with Crippen molar-refractivity contribution in [2.24, 2.45) is 0 Å². The summed E-state index contributed by atoms with van der Waals surface area (Å²) < 4.78 is 13.5. The minimum Gasteiger partial charge on any atom is -0.341 e. The van der Waals surface area contributed by atoms with Crippen LogP contribution in [0.25, 0.3) is 11.0 Å². The molecule has 2 nitrogen and oxygen atoms in total. The number of halogens is 3. The summed E-state index contributed by atoms with van der Waals surface area (Å²) in [6.07, 6.45) is 0. The Morgan fingerprint density at radius 3 is 3.00 bits per heavy atom. The molecule has 0 aliphatic heterocycles. The lowest BCUT2D eigenvalue weighted by Crippen LogP contribution is -1.77. The van der Waals surface area contributed by atoms with Crippen LogP contribution in [0.4, 0.5) is 4.39 Å². The highest BCUT2D eigenvalue weighted by atomic mass is 79.9. The van der Waals surface area contributed by atoms with Gasteiger partial charge >= 0.3 is 0 Å². The predicted molar refractivity (Wildman–Crippen MR) is 53.3 cm³/mol. The van der Waals surface area contributed by atoms with Crippen LogP contribution >= 0.6 is 27.5 Å². The van der Waals surface area contributed by atoms with Crippen molar-refractivity contribution in [2.75, 3.05) is 0 Å². The van der Waals surface area contributed by atoms with Gasteiger partial charge in [-0.25, -0.2) is 9.37 Å². The number of hydrogen-bond acceptors (Lipinski definition) is 1. The van der Waals surface area contributed by atoms with Crippen LogP contribution in [0.5, 0.6) is 0 Å². The number of H-pyrrole nitrogens is 1. The third-order valence-corrected chi connectivity index (χ3v) is 2.54. The van der Waals surface area contributed by atoms with Crippen molar-refractivity contribution in [3.63, 3.8) is 0 Å². The Morgan fingerprint density at radius 1 is 1.54 bits per heavy atom. The van der Waals surface area contributed by atoms with Gasteiger partial charge in [0, 0.05) is 4.47 Å². The van der Waals surface area contributed by atoms with E-state index in [1.165, 1.54) is 12.1 Å². The second-order valence-corrected chi connectivity index (χ2v) is 3.72. The second-order valence-electron chi connectivity index (χ2n) is 2.60. The zero-order valence-electron chi connectivity index (χ0n) is 6.44. The lowest BCUT2D eigenvalue weighted by atomic mass is 10.3. The molecule has 5 heteroatoms. The molecule has 0 saturated heterocycles. The maximum atomic E-state index is 12.9. The molecule has 1 aromatic carbocycles. The van der Waals surface area contributed by atoms with Crippen molar-refractivity contribution in [3.8, 4) is 0 Å². The Hall–Kier alpha value is -0.610. The molecular weight excluding hydrogens is 258 g/mol. The third kappa shape index (κ3) is 1.56. The Morgan fingerprint density at radius 2 is 2.31 bits per heavy atom. The number of imidazole rings is 1. The summed E-state index contributed by atoms with van der Waals surface area (Å²) >= 11 is 8.81. The lowest BCUT2D eigenvalue weighted by molar-refractivity contribution is 0.628. The first-order valence-corrected chi connectivity index (χ1v) is 4.93. The highest BCUT2D eigenvalue weighted by Crippen LogP contribution is 2.23. The summed E-state index contributed by atoms with van der Waals surface area (Å²) in [6.45, 7) is 0. The van der Waals surface area contributed by atoms with Gasteiger partial charge in [-0.1, -0.05) is 0 Å². The number of aromatic nitrogens is 2. The van der Waals surface area contributed by atoms with Gasteiger partial charge in [-0.15, -0.1) is 11.6 Å². The molecule has 0 unspecified atom stereocenters. The molecule has 0 bridgehead atoms. The number of alkyl halides is 1. The standard InChI is InChI=1S/C8H5BrClFN2/c9-5-1-4(11)2-6-8(5)13-7(3-10)12-6/h1-2H,3H2,(H,12,13). The molecule has 0 fully saturated rings. The molecule has 0 aliphatic rings. The van der Waals surface area contributed by atoms with E-state index in [2.05, 4.69) is 25.9 Å². The first-order valence-electron chi connectivity index (χ1n) is 3.60. The monoisotopic (exact) mass is 262 g/mol. The fraction of sp³-hybridized carbons (Fsp3) is 0.125. The number of rotatable bonds is 1. The molecule has 2 rings (SSSR count). The average molecular weight is 263 g/mol. The van der Waals surface area contributed by atoms with Gasteiger partial charge in [-0.2, -0.15) is 0 Å². The second kappa shape index (κ2) is 3.27. The van der Waals surface area contributed by atoms with Gasteiger partial charge in [0.15, 0.2) is 0 Å². The zero-order valence-corrected chi connectivity index (χ0v) is 8.78. The van der Waals surface area contributed by atoms with Gasteiger partial charge in [-0.05, 0) is 28.1 Å². The molecule has 0 atom stereocenters. The number of hydrogen-bond donors (Lipinski definition) is 1. The maximum Gasteiger partial charge on any atom is 0.126 e. The van der Waals surface area contributed by atoms with Gasteiger partial charge in [0.1, 0.15) is 17.2 Å². The first-order chi connectivity index (χ1) is 6.20. The van der Waals surface area contributed by atoms with E-state index in [0.29, 0.717) is 27.2 Å². The van der Waals surface area contributed by atoms with E-state index in [1.54, 1.807) is 0 Å². The summed E-state index contributed by atoms with van der Waals surface area (Å²) in [5, 5.41) is 0. The zero-order chi connectivity index (χ0) is 9.42. The Bertz CT molecular complexity index is 455. The molecule has 1 heterocycles. The highest BCUT2D eigenvalue weighted by Gasteiger charge is 2.06. The molecular formula is C8H5BrClFN2. The van der Waals surface area contributed by atoms with Crippen LogP contribution in [0, 0.1) is 5.82 Å². The van der Waals surface area contributed by atoms with Gasteiger partial charge in [0.05, 0.1) is 11.4 Å². The lowest BCUT2D eigenvalue weighted by Gasteiger charge is -1.91. The van der Waals surface area contributed by atoms with E-state index in [9.17, 15) is 4.39 Å². The molecule has 1 aromatic heterocycles. The van der Waals surface area contributed by atoms with E-state index in [-0.39, 0.29) is 5.82 Å². The molecule has 68 valence electrons. The summed E-state index contributed by atoms with van der Waals surface area (Å²) in [5.74, 6) is 0.634. The van der Waals surface area contributed by atoms with Crippen molar-refractivity contribution < 1.29 is 4.39 Å². The summed E-state index contributed by atoms with van der Waals surface area (Å²) in [6, 6.07) is 2.77. The largest absolute Gasteiger partial charge is 0.341 e. The summed E-state index contributed by atoms with van der Waals surface area (Å²) in [5.41, 5.74) is 1.36. The SMILES string of the molecule is Fc1cc(Br)c2nc(CCl)[nH]c2c1. The molecule has 0 amide bonds. The fourth-order valence-corrected chi connectivity index (χ4v) is 1.80. The van der Waals surface area contributed by atoms with Gasteiger partial charge in [0.25, 0.3) is 0 Å². The van der Waals surface area contributed by atoms with Crippen LogP contribution in [0.3, 0.4) is 0 Å². The molecule has 0 spiro atoms. The highest BCUT2D eigenvalue weighted by molar-refractivity contribution is 9.10. The quantitative estimate of drug-likeness (QED) is 0.786. The van der Waals surface area contributed by atoms with E-state index < -0.39 is 0 Å². The van der Waals surface area contributed by atoms with Crippen molar-refractivity contribution in [1.29, 1.82) is 0 Å². The molecule has 0 aliphatic carbocycles. The van der Waals surface area contributed by atoms with Gasteiger partial charge < -0.3 is 4.98 Å². The normalized spacial score (nSPS) is 11.0. The van der Waals surface area contributed by atoms with Gasteiger partial charge in [0.2, 0.25) is 0 Å². The summed E-state index contributed by atoms with van der Waals surface area (Å²) in [7, 11) is 0. The number of nitrogens with one attached hydrogen (secondary N) is 1. The first kappa shape index (κ1) is 8.97. The van der Waals surface area contributed by atoms with Gasteiger partial charge in [-0.3, -0.25) is 0 Å². The topological polar surface area (TPSA) is 28.7 Å². The van der Waals surface area contributed by atoms with Crippen molar-refractivity contribution in [2.45, 2.75) is 5.88 Å². The third-order valence-electron chi connectivity index (χ3n) is 1.68. The maximum absolute atomic E-state index is 12.9. The predicted octanol–water partition coefficient (Wildman–Crippen LogP) is 3.20. The van der Waals surface area contributed by atoms with Crippen LogP contribution in [0.15, 0.2) is 16.6 Å². The smallest absolute Gasteiger partial charge is 0.126 e. The molecule has 1 N–H and O–H groups in total. The average Bonchev–Trinajstić information content (AvgIpc) is 2.47. The number of benzene rings is 1. The number of nitrogens with zero attached hydrogens (tertiary/aromatic N) is 1. The van der Waals surface area contributed by atoms with E-state index >= 15 is 0 Å². The van der Waals surface area contributed by atoms with E-state index in [4.69, 9.17) is 11.6 Å². The van der Waals surface area contributed by atoms with E-state index in [1.807, 2.05) is 0 Å². The minimum atomic E-state index is -0.302. The Balaban J connectivity index is 2.75. The van der Waals surface area contributed by atoms with Crippen LogP contribution in [0.2, 0.25) is 0 Å². The van der Waals surface area contributed by atoms with Crippen LogP contribution in [0.1, 0.15) is 5.82 Å². The van der Waals surface area contributed by atoms with Crippen molar-refractivity contribution in [1.82, 2.24) is 9.97 Å². The Labute approximate surface area is 87.2 Å². The number of aromatic amines is 1. The molecule has 2 aromatic rings. The van der Waals surface area contributed by atoms with Crippen LogP contribution < -0.4 is 0 Å². The fourth-order valence-electron chi connectivity index (χ4n) is 1.16.